The zero-order chi connectivity index (χ0) is 82.1. The van der Waals surface area contributed by atoms with Gasteiger partial charge in [0, 0.05) is 70.9 Å². The molecule has 0 unspecified atom stereocenters. The van der Waals surface area contributed by atoms with E-state index in [4.69, 9.17) is 53.7 Å². The first kappa shape index (κ1) is 115. The molecule has 0 radical (unpaired) electrons. The number of nitrogens with two attached hydrogens (primary N) is 2. The van der Waals surface area contributed by atoms with E-state index in [2.05, 4.69) is 76.8 Å². The number of rotatable bonds is 10. The van der Waals surface area contributed by atoms with Gasteiger partial charge in [-0.3, -0.25) is 24.3 Å². The fraction of sp³-hybridized carbons (Fsp3) is 0.667. The Bertz CT molecular complexity index is 3410. The van der Waals surface area contributed by atoms with Crippen LogP contribution in [0.4, 0.5) is 5.69 Å². The smallest absolute Gasteiger partial charge is 0.268 e. The van der Waals surface area contributed by atoms with Crippen molar-refractivity contribution in [1.29, 1.82) is 0 Å². The van der Waals surface area contributed by atoms with Crippen LogP contribution in [0, 0.1) is 68.6 Å². The molecule has 0 bridgehead atoms. The average Bonchev–Trinajstić information content (AvgIpc) is 1.34. The summed E-state index contributed by atoms with van der Waals surface area (Å²) in [5.41, 5.74) is 5.36. The second-order valence-corrected chi connectivity index (χ2v) is 37.2. The number of nitrogens with one attached hydrogen (secondary N) is 2. The maximum absolute atomic E-state index is 12.3. The summed E-state index contributed by atoms with van der Waals surface area (Å²) in [6.45, 7) is 68.6. The van der Waals surface area contributed by atoms with Crippen LogP contribution in [0.1, 0.15) is 278 Å². The van der Waals surface area contributed by atoms with Crippen LogP contribution in [0.15, 0.2) is 96.0 Å². The van der Waals surface area contributed by atoms with Crippen LogP contribution >= 0.6 is 0 Å². The Morgan fingerprint density at radius 2 is 0.856 bits per heavy atom. The Kier molecular flexibility index (Phi) is 60.4. The Balaban J connectivity index is -0.000000169. The van der Waals surface area contributed by atoms with Crippen molar-refractivity contribution in [3.05, 3.63) is 147 Å². The standard InChI is InChI=1S/C15H19NO3.C14H25NO2S.C10H17NO.C9H19NOS.C7H8O3.C5H6O.C5H10O.C4H11NOS.4C2H6O.CH4.Ti/c1-8-6-7-10(19-8)14(15(3,4)5)16-11-9(2)12(17)13(11)18;1-10-8-9-11(17-10)12(13(2,3)4)15-18(16)14(5,6)7;1-7-5-6-8(12-7)9(11)10(2,3)4;1-8(2,3)7-10-12(11)9(4,5)6;1-3-10-7-4(2)5(8)6(7)9;1-5-3-2-4-6-5;1-5(2,3)4-6;1-4(2,3)7(5)6;4*1-2-3;;/h6-7,14,16H,1-5H3;8-9,12,15H,1-7H3;5-6,9H,11H2,1-4H3;7H,1-6H3;3H2,1-2H3;2-4H,1H3;4H,1-3H3;5H2,1-3H3;4*3H,2H2,1H3;1H4;/t14-;12-,18+;9-;12-;;;;7-;;;;;;/m0001...1....../s1. The molecule has 0 aliphatic carbocycles. The van der Waals surface area contributed by atoms with Crippen molar-refractivity contribution in [2.45, 2.75) is 282 Å². The van der Waals surface area contributed by atoms with E-state index < -0.39 is 54.7 Å². The summed E-state index contributed by atoms with van der Waals surface area (Å²) in [6.07, 6.45) is 4.36. The topological polar surface area (TPSA) is 368 Å². The van der Waals surface area contributed by atoms with Gasteiger partial charge in [-0.2, -0.15) is 4.40 Å². The molecule has 104 heavy (non-hydrogen) atoms. The van der Waals surface area contributed by atoms with Gasteiger partial charge in [0.25, 0.3) is 5.43 Å². The van der Waals surface area contributed by atoms with E-state index >= 15 is 0 Å². The minimum Gasteiger partial charge on any atom is -0.489 e. The van der Waals surface area contributed by atoms with Gasteiger partial charge in [-0.1, -0.05) is 111 Å². The molecule has 6 atom stereocenters. The SMILES string of the molecule is C.CC(C)(C)C=N[S@](=O)C(C)(C)C.CC(C)(C)C=O.CC(C)(C)[S@](N)=O.CCO.CCO.CCO.CCO.CCOc1c(C)c(=O)c1=O.Cc1ccc([C@H](N)C(C)(C)C)o1.Cc1ccc([C@H](N[S@](=O)C(C)(C)C)C(C)(C)C)o1.Cc1ccc([C@H](Nc2c(C)c(=O)c2=O)C(C)(C)C)o1.Cc1ccco1.[Ti]. The van der Waals surface area contributed by atoms with Gasteiger partial charge in [0.15, 0.2) is 5.75 Å². The number of hydrogen-bond acceptors (Lipinski definition) is 19. The molecule has 2 aromatic carbocycles. The number of anilines is 1. The molecule has 4 aromatic heterocycles. The van der Waals surface area contributed by atoms with Crippen molar-refractivity contribution in [3.8, 4) is 5.75 Å². The molecule has 0 aliphatic heterocycles. The van der Waals surface area contributed by atoms with E-state index in [9.17, 15) is 36.6 Å². The molecule has 0 saturated carbocycles. The monoisotopic (exact) mass is 1570 g/mol. The minimum absolute atomic E-state index is 0. The molecule has 0 saturated heterocycles. The molecule has 10 N–H and O–H groups in total. The van der Waals surface area contributed by atoms with Crippen molar-refractivity contribution in [3.63, 3.8) is 0 Å². The van der Waals surface area contributed by atoms with Crippen molar-refractivity contribution >= 4 is 51.1 Å². The number of aliphatic hydroxyl groups excluding tert-OH is 4. The van der Waals surface area contributed by atoms with E-state index in [1.165, 1.54) is 0 Å². The number of carbonyl (C=O) groups excluding carboxylic acids is 1. The van der Waals surface area contributed by atoms with E-state index in [0.29, 0.717) is 23.4 Å². The molecule has 4 heterocycles. The number of ether oxygens (including phenoxy) is 1. The summed E-state index contributed by atoms with van der Waals surface area (Å²) in [7, 11) is -3.41. The quantitative estimate of drug-likeness (QED) is 0.0273. The van der Waals surface area contributed by atoms with Gasteiger partial charge in [-0.25, -0.2) is 17.3 Å². The Hall–Kier alpha value is -4.90. The molecular formula is C78H143N5O17S3Ti. The molecule has 0 amide bonds. The first-order valence-corrected chi connectivity index (χ1v) is 37.6. The zero-order valence-corrected chi connectivity index (χ0v) is 73.6. The van der Waals surface area contributed by atoms with E-state index in [-0.39, 0.29) is 121 Å². The number of furan rings is 4. The number of nitrogens with zero attached hydrogens (tertiary/aromatic N) is 1. The van der Waals surface area contributed by atoms with Crippen LogP contribution < -0.4 is 47.4 Å². The van der Waals surface area contributed by atoms with Crippen LogP contribution in [0.5, 0.6) is 5.75 Å². The molecule has 22 nitrogen and oxygen atoms in total. The van der Waals surface area contributed by atoms with E-state index in [0.717, 1.165) is 46.6 Å². The van der Waals surface area contributed by atoms with Gasteiger partial charge in [0.05, 0.1) is 72.9 Å². The van der Waals surface area contributed by atoms with Crippen LogP contribution in [0.3, 0.4) is 0 Å². The number of aldehydes is 1. The maximum Gasteiger partial charge on any atom is 0.268 e. The van der Waals surface area contributed by atoms with Crippen molar-refractivity contribution in [2.24, 2.45) is 42.3 Å². The molecule has 0 fully saturated rings. The van der Waals surface area contributed by atoms with Crippen LogP contribution in [0.25, 0.3) is 0 Å². The van der Waals surface area contributed by atoms with Crippen LogP contribution in [-0.4, -0.2) is 92.8 Å². The first-order valence-electron chi connectivity index (χ1n) is 34.2. The third kappa shape index (κ3) is 53.8. The average molecular weight is 1570 g/mol. The Morgan fingerprint density at radius 3 is 1.08 bits per heavy atom. The van der Waals surface area contributed by atoms with E-state index in [1.54, 1.807) is 60.9 Å². The normalized spacial score (nSPS) is 13.0. The largest absolute Gasteiger partial charge is 0.489 e. The summed E-state index contributed by atoms with van der Waals surface area (Å²) in [5.74, 6) is 6.33. The van der Waals surface area contributed by atoms with Gasteiger partial charge in [-0.15, -0.1) is 0 Å². The molecule has 0 spiro atoms. The number of aryl methyl sites for hydroxylation is 4. The molecule has 6 aromatic rings. The summed E-state index contributed by atoms with van der Waals surface area (Å²) in [6, 6.07) is 15.1. The van der Waals surface area contributed by atoms with Gasteiger partial charge >= 0.3 is 0 Å². The van der Waals surface area contributed by atoms with Crippen molar-refractivity contribution in [2.75, 3.05) is 38.4 Å². The summed E-state index contributed by atoms with van der Waals surface area (Å²) in [4.78, 5) is 53.9. The predicted octanol–water partition coefficient (Wildman–Crippen LogP) is 15.5. The van der Waals surface area contributed by atoms with Gasteiger partial charge < -0.3 is 58.7 Å². The number of hydrogen-bond donors (Lipinski definition) is 8. The molecular weight excluding hydrogens is 1420 g/mol. The summed E-state index contributed by atoms with van der Waals surface area (Å²) < 4.78 is 67.0. The van der Waals surface area contributed by atoms with Crippen molar-refractivity contribution < 1.29 is 82.0 Å². The third-order valence-electron chi connectivity index (χ3n) is 12.1. The zero-order valence-electron chi connectivity index (χ0n) is 69.5. The van der Waals surface area contributed by atoms with Crippen LogP contribution in [-0.2, 0) is 59.5 Å². The summed E-state index contributed by atoms with van der Waals surface area (Å²) >= 11 is 0. The fourth-order valence-electron chi connectivity index (χ4n) is 6.27. The fourth-order valence-corrected chi connectivity index (χ4v) is 8.04. The number of aliphatic hydroxyl groups is 4. The Morgan fingerprint density at radius 1 is 0.510 bits per heavy atom. The maximum atomic E-state index is 12.3. The minimum atomic E-state index is -1.18. The molecule has 6 rings (SSSR count). The summed E-state index contributed by atoms with van der Waals surface area (Å²) in [5, 5.41) is 38.5. The van der Waals surface area contributed by atoms with Crippen LogP contribution in [0.2, 0.25) is 0 Å². The van der Waals surface area contributed by atoms with Gasteiger partial charge in [0.1, 0.15) is 57.6 Å². The van der Waals surface area contributed by atoms with Gasteiger partial charge in [0.2, 0.25) is 16.3 Å². The predicted molar refractivity (Wildman–Crippen MR) is 434 cm³/mol. The second kappa shape index (κ2) is 54.6. The first-order chi connectivity index (χ1) is 46.0. The molecule has 0 aliphatic rings. The van der Waals surface area contributed by atoms with E-state index in [1.807, 2.05) is 180 Å². The van der Waals surface area contributed by atoms with Crippen molar-refractivity contribution in [1.82, 2.24) is 4.72 Å². The second-order valence-electron chi connectivity index (χ2n) is 31.5. The molecule has 26 heteroatoms. The Labute approximate surface area is 649 Å². The third-order valence-corrected chi connectivity index (χ3v) is 16.2. The number of carbonyl (C=O) groups is 1. The molecule has 604 valence electrons. The van der Waals surface area contributed by atoms with Gasteiger partial charge in [-0.05, 0) is 209 Å².